The lowest BCUT2D eigenvalue weighted by molar-refractivity contribution is 0.293. The summed E-state index contributed by atoms with van der Waals surface area (Å²) in [5.41, 5.74) is 2.24. The molecule has 1 heterocycles. The number of unbranched alkanes of at least 4 members (excludes halogenated alkanes) is 1. The highest BCUT2D eigenvalue weighted by atomic mass is 32.1. The zero-order valence-electron chi connectivity index (χ0n) is 16.2. The second kappa shape index (κ2) is 11.0. The lowest BCUT2D eigenvalue weighted by Crippen LogP contribution is -2.36. The molecule has 1 N–H and O–H groups in total. The fraction of sp³-hybridized carbons (Fsp3) is 0.476. The van der Waals surface area contributed by atoms with Crippen molar-refractivity contribution < 1.29 is 4.42 Å². The number of thiocarbonyl (C=S) groups is 1. The summed E-state index contributed by atoms with van der Waals surface area (Å²) in [6, 6.07) is 12.1. The Balaban J connectivity index is 1.94. The smallest absolute Gasteiger partial charge is 0.173 e. The molecule has 4 nitrogen and oxygen atoms in total. The zero-order chi connectivity index (χ0) is 18.8. The topological polar surface area (TPSA) is 31.6 Å². The Kier molecular flexibility index (Phi) is 8.65. The van der Waals surface area contributed by atoms with Crippen LogP contribution >= 0.6 is 12.2 Å². The number of nitrogens with one attached hydrogen (secondary N) is 1. The van der Waals surface area contributed by atoms with Crippen LogP contribution in [0.4, 0.5) is 5.69 Å². The van der Waals surface area contributed by atoms with Crippen LogP contribution in [-0.4, -0.2) is 41.6 Å². The molecule has 0 amide bonds. The zero-order valence-corrected chi connectivity index (χ0v) is 17.0. The molecule has 2 aromatic rings. The summed E-state index contributed by atoms with van der Waals surface area (Å²) in [5, 5.41) is 4.14. The highest BCUT2D eigenvalue weighted by molar-refractivity contribution is 7.80. The number of anilines is 1. The van der Waals surface area contributed by atoms with Gasteiger partial charge in [0.15, 0.2) is 5.11 Å². The summed E-state index contributed by atoms with van der Waals surface area (Å²) in [7, 11) is 2.19. The van der Waals surface area contributed by atoms with E-state index in [-0.39, 0.29) is 0 Å². The first-order valence-corrected chi connectivity index (χ1v) is 9.83. The average Bonchev–Trinajstić information content (AvgIpc) is 3.14. The molecular formula is C21H31N3OS. The number of furan rings is 1. The molecule has 26 heavy (non-hydrogen) atoms. The van der Waals surface area contributed by atoms with E-state index in [1.54, 1.807) is 6.26 Å². The lowest BCUT2D eigenvalue weighted by atomic mass is 10.2. The van der Waals surface area contributed by atoms with Crippen LogP contribution in [0, 0.1) is 6.92 Å². The van der Waals surface area contributed by atoms with Gasteiger partial charge < -0.3 is 19.5 Å². The van der Waals surface area contributed by atoms with Gasteiger partial charge in [0.25, 0.3) is 0 Å². The maximum absolute atomic E-state index is 5.70. The SMILES string of the molecule is CCCCN(C)CCCN(Cc1ccco1)C(=S)Nc1ccccc1C. The predicted octanol–water partition coefficient (Wildman–Crippen LogP) is 4.91. The van der Waals surface area contributed by atoms with E-state index in [0.29, 0.717) is 6.54 Å². The minimum atomic E-state index is 0.684. The Labute approximate surface area is 163 Å². The molecule has 0 aliphatic rings. The van der Waals surface area contributed by atoms with Crippen LogP contribution in [0.15, 0.2) is 47.1 Å². The molecule has 1 aromatic heterocycles. The van der Waals surface area contributed by atoms with Crippen molar-refractivity contribution in [2.24, 2.45) is 0 Å². The Morgan fingerprint density at radius 2 is 1.85 bits per heavy atom. The van der Waals surface area contributed by atoms with Gasteiger partial charge in [-0.3, -0.25) is 0 Å². The monoisotopic (exact) mass is 373 g/mol. The van der Waals surface area contributed by atoms with Crippen LogP contribution in [-0.2, 0) is 6.54 Å². The molecule has 0 saturated heterocycles. The fourth-order valence-electron chi connectivity index (χ4n) is 2.82. The molecule has 0 saturated carbocycles. The minimum absolute atomic E-state index is 0.684. The molecular weight excluding hydrogens is 342 g/mol. The van der Waals surface area contributed by atoms with Gasteiger partial charge in [-0.15, -0.1) is 0 Å². The van der Waals surface area contributed by atoms with Gasteiger partial charge in [0.2, 0.25) is 0 Å². The summed E-state index contributed by atoms with van der Waals surface area (Å²) in [5.74, 6) is 0.929. The molecule has 142 valence electrons. The molecule has 2 rings (SSSR count). The van der Waals surface area contributed by atoms with Gasteiger partial charge in [-0.2, -0.15) is 0 Å². The van der Waals surface area contributed by atoms with Crippen molar-refractivity contribution >= 4 is 23.0 Å². The van der Waals surface area contributed by atoms with Crippen molar-refractivity contribution in [3.8, 4) is 0 Å². The normalized spacial score (nSPS) is 10.9. The standard InChI is InChI=1S/C21H31N3OS/c1-4-5-13-23(3)14-9-15-24(17-19-11-8-16-25-19)21(26)22-20-12-7-6-10-18(20)2/h6-8,10-12,16H,4-5,9,13-15,17H2,1-3H3,(H,22,26). The first kappa shape index (κ1) is 20.5. The van der Waals surface area contributed by atoms with Gasteiger partial charge in [0, 0.05) is 12.2 Å². The van der Waals surface area contributed by atoms with E-state index in [0.717, 1.165) is 42.6 Å². The molecule has 0 aliphatic heterocycles. The molecule has 0 atom stereocenters. The van der Waals surface area contributed by atoms with Crippen LogP contribution in [0.25, 0.3) is 0 Å². The Hall–Kier alpha value is -1.85. The van der Waals surface area contributed by atoms with Crippen LogP contribution in [0.1, 0.15) is 37.5 Å². The van der Waals surface area contributed by atoms with E-state index in [1.165, 1.54) is 18.4 Å². The summed E-state index contributed by atoms with van der Waals surface area (Å²) < 4.78 is 5.53. The van der Waals surface area contributed by atoms with Crippen molar-refractivity contribution in [2.45, 2.75) is 39.7 Å². The largest absolute Gasteiger partial charge is 0.467 e. The van der Waals surface area contributed by atoms with Crippen molar-refractivity contribution in [3.63, 3.8) is 0 Å². The number of nitrogens with zero attached hydrogens (tertiary/aromatic N) is 2. The summed E-state index contributed by atoms with van der Waals surface area (Å²) in [6.45, 7) is 8.12. The molecule has 0 fully saturated rings. The van der Waals surface area contributed by atoms with Gasteiger partial charge >= 0.3 is 0 Å². The first-order chi connectivity index (χ1) is 12.6. The van der Waals surface area contributed by atoms with Crippen molar-refractivity contribution in [1.82, 2.24) is 9.80 Å². The van der Waals surface area contributed by atoms with Crippen LogP contribution in [0.5, 0.6) is 0 Å². The van der Waals surface area contributed by atoms with Crippen LogP contribution in [0.2, 0.25) is 0 Å². The number of para-hydroxylation sites is 1. The highest BCUT2D eigenvalue weighted by Gasteiger charge is 2.13. The highest BCUT2D eigenvalue weighted by Crippen LogP contribution is 2.15. The Morgan fingerprint density at radius 1 is 1.08 bits per heavy atom. The third-order valence-corrected chi connectivity index (χ3v) is 4.82. The van der Waals surface area contributed by atoms with Crippen molar-refractivity contribution in [2.75, 3.05) is 32.0 Å². The lowest BCUT2D eigenvalue weighted by Gasteiger charge is -2.26. The van der Waals surface area contributed by atoms with E-state index in [2.05, 4.69) is 48.1 Å². The van der Waals surface area contributed by atoms with Gasteiger partial charge in [-0.1, -0.05) is 31.5 Å². The number of rotatable bonds is 10. The third kappa shape index (κ3) is 6.81. The molecule has 0 bridgehead atoms. The molecule has 0 spiro atoms. The van der Waals surface area contributed by atoms with Crippen LogP contribution in [0.3, 0.4) is 0 Å². The summed E-state index contributed by atoms with van der Waals surface area (Å²) in [6.07, 6.45) is 5.26. The quantitative estimate of drug-likeness (QED) is 0.598. The third-order valence-electron chi connectivity index (χ3n) is 4.46. The number of aryl methyl sites for hydroxylation is 1. The summed E-state index contributed by atoms with van der Waals surface area (Å²) >= 11 is 5.70. The van der Waals surface area contributed by atoms with Gasteiger partial charge in [0.1, 0.15) is 5.76 Å². The molecule has 0 radical (unpaired) electrons. The van der Waals surface area contributed by atoms with E-state index in [4.69, 9.17) is 16.6 Å². The average molecular weight is 374 g/mol. The van der Waals surface area contributed by atoms with E-state index in [9.17, 15) is 0 Å². The van der Waals surface area contributed by atoms with E-state index < -0.39 is 0 Å². The second-order valence-corrected chi connectivity index (χ2v) is 7.14. The number of hydrogen-bond donors (Lipinski definition) is 1. The Bertz CT molecular complexity index is 657. The van der Waals surface area contributed by atoms with Gasteiger partial charge in [0.05, 0.1) is 12.8 Å². The molecule has 1 aromatic carbocycles. The van der Waals surface area contributed by atoms with Crippen molar-refractivity contribution in [1.29, 1.82) is 0 Å². The minimum Gasteiger partial charge on any atom is -0.467 e. The van der Waals surface area contributed by atoms with Crippen LogP contribution < -0.4 is 5.32 Å². The molecule has 0 unspecified atom stereocenters. The second-order valence-electron chi connectivity index (χ2n) is 6.76. The maximum Gasteiger partial charge on any atom is 0.173 e. The van der Waals surface area contributed by atoms with Gasteiger partial charge in [-0.25, -0.2) is 0 Å². The number of benzene rings is 1. The van der Waals surface area contributed by atoms with E-state index >= 15 is 0 Å². The van der Waals surface area contributed by atoms with Crippen molar-refractivity contribution in [3.05, 3.63) is 54.0 Å². The first-order valence-electron chi connectivity index (χ1n) is 9.42. The summed E-state index contributed by atoms with van der Waals surface area (Å²) in [4.78, 5) is 4.58. The van der Waals surface area contributed by atoms with Gasteiger partial charge in [-0.05, 0) is 75.9 Å². The Morgan fingerprint density at radius 3 is 2.54 bits per heavy atom. The predicted molar refractivity (Wildman–Crippen MR) is 114 cm³/mol. The maximum atomic E-state index is 5.70. The molecule has 5 heteroatoms. The fourth-order valence-corrected chi connectivity index (χ4v) is 3.09. The van der Waals surface area contributed by atoms with E-state index in [1.807, 2.05) is 24.3 Å². The number of hydrogen-bond acceptors (Lipinski definition) is 3. The molecule has 0 aliphatic carbocycles.